The minimum absolute atomic E-state index is 1.20. The van der Waals surface area contributed by atoms with Gasteiger partial charge in [-0.05, 0) is 19.8 Å². The predicted molar refractivity (Wildman–Crippen MR) is 75.3 cm³/mol. The number of unbranched alkanes of at least 4 members (excludes halogenated alkanes) is 5. The summed E-state index contributed by atoms with van der Waals surface area (Å²) >= 11 is 0. The van der Waals surface area contributed by atoms with Crippen LogP contribution in [0.15, 0.2) is 48.6 Å². The summed E-state index contributed by atoms with van der Waals surface area (Å²) in [4.78, 5) is 0. The third kappa shape index (κ3) is 13.0. The van der Waals surface area contributed by atoms with Crippen molar-refractivity contribution < 1.29 is 0 Å². The minimum Gasteiger partial charge on any atom is -0.0845 e. The molecule has 0 aromatic carbocycles. The van der Waals surface area contributed by atoms with E-state index in [1.165, 1.54) is 38.5 Å². The molecule has 0 fully saturated rings. The van der Waals surface area contributed by atoms with Crippen LogP contribution in [0, 0.1) is 6.92 Å². The van der Waals surface area contributed by atoms with Gasteiger partial charge >= 0.3 is 0 Å². The first-order valence-electron chi connectivity index (χ1n) is 6.36. The number of hydrogen-bond donors (Lipinski definition) is 0. The van der Waals surface area contributed by atoms with Crippen molar-refractivity contribution in [3.8, 4) is 0 Å². The van der Waals surface area contributed by atoms with Gasteiger partial charge in [0.25, 0.3) is 0 Å². The smallest absolute Gasteiger partial charge is 0.0313 e. The van der Waals surface area contributed by atoms with Crippen LogP contribution in [0.25, 0.3) is 0 Å². The van der Waals surface area contributed by atoms with Gasteiger partial charge in [-0.1, -0.05) is 81.2 Å². The van der Waals surface area contributed by atoms with Gasteiger partial charge < -0.3 is 0 Å². The van der Waals surface area contributed by atoms with E-state index >= 15 is 0 Å². The Kier molecular flexibility index (Phi) is 13.1. The van der Waals surface area contributed by atoms with Gasteiger partial charge in [-0.15, -0.1) is 0 Å². The average Bonchev–Trinajstić information content (AvgIpc) is 2.31. The van der Waals surface area contributed by atoms with Crippen LogP contribution in [0.3, 0.4) is 0 Å². The third-order valence-electron chi connectivity index (χ3n) is 2.30. The zero-order valence-electron chi connectivity index (χ0n) is 10.6. The normalized spacial score (nSPS) is 12.9. The second kappa shape index (κ2) is 14.0. The van der Waals surface area contributed by atoms with E-state index in [-0.39, 0.29) is 0 Å². The van der Waals surface area contributed by atoms with Crippen molar-refractivity contribution in [1.82, 2.24) is 0 Å². The zero-order chi connectivity index (χ0) is 11.9. The van der Waals surface area contributed by atoms with Crippen molar-refractivity contribution in [2.45, 2.75) is 45.4 Å². The highest BCUT2D eigenvalue weighted by Gasteiger charge is 1.85. The molecule has 0 aliphatic heterocycles. The topological polar surface area (TPSA) is 0 Å². The standard InChI is InChI=1S/C16H25/c1-3-5-7-9-11-13-15-16-14-12-10-8-6-4-2/h3,5,7,9,11,13,15-16H,1,4,6,8,10,12,14H2,2H3. The Balaban J connectivity index is 3.33. The van der Waals surface area contributed by atoms with E-state index in [0.29, 0.717) is 0 Å². The lowest BCUT2D eigenvalue weighted by Crippen LogP contribution is -1.75. The van der Waals surface area contributed by atoms with Crippen LogP contribution < -0.4 is 0 Å². The first-order chi connectivity index (χ1) is 7.91. The van der Waals surface area contributed by atoms with Crippen LogP contribution in [-0.4, -0.2) is 0 Å². The lowest BCUT2D eigenvalue weighted by molar-refractivity contribution is 0.637. The van der Waals surface area contributed by atoms with Crippen molar-refractivity contribution in [2.75, 3.05) is 0 Å². The summed E-state index contributed by atoms with van der Waals surface area (Å²) in [6.45, 7) is 5.86. The molecule has 0 aromatic rings. The fraction of sp³-hybridized carbons (Fsp3) is 0.438. The first kappa shape index (κ1) is 15.0. The van der Waals surface area contributed by atoms with Crippen LogP contribution in [0.2, 0.25) is 0 Å². The van der Waals surface area contributed by atoms with Crippen molar-refractivity contribution in [2.24, 2.45) is 0 Å². The summed E-state index contributed by atoms with van der Waals surface area (Å²) in [5.41, 5.74) is 0. The first-order valence-corrected chi connectivity index (χ1v) is 6.36. The molecule has 0 heterocycles. The van der Waals surface area contributed by atoms with Gasteiger partial charge in [0.05, 0.1) is 0 Å². The van der Waals surface area contributed by atoms with E-state index in [1.807, 2.05) is 24.3 Å². The van der Waals surface area contributed by atoms with Gasteiger partial charge in [0.1, 0.15) is 0 Å². The van der Waals surface area contributed by atoms with Crippen LogP contribution in [0.4, 0.5) is 0 Å². The van der Waals surface area contributed by atoms with E-state index < -0.39 is 0 Å². The summed E-state index contributed by atoms with van der Waals surface area (Å²) in [5, 5.41) is 0. The summed E-state index contributed by atoms with van der Waals surface area (Å²) in [6.07, 6.45) is 24.1. The second-order valence-corrected chi connectivity index (χ2v) is 3.83. The third-order valence-corrected chi connectivity index (χ3v) is 2.30. The van der Waals surface area contributed by atoms with Crippen molar-refractivity contribution >= 4 is 0 Å². The van der Waals surface area contributed by atoms with Crippen LogP contribution in [-0.2, 0) is 0 Å². The lowest BCUT2D eigenvalue weighted by Gasteiger charge is -1.95. The molecule has 0 aromatic heterocycles. The molecule has 0 saturated carbocycles. The Bertz CT molecular complexity index is 228. The molecule has 0 nitrogen and oxygen atoms in total. The molecule has 0 bridgehead atoms. The fourth-order valence-electron chi connectivity index (χ4n) is 1.38. The van der Waals surface area contributed by atoms with E-state index in [2.05, 4.69) is 32.1 Å². The molecule has 0 amide bonds. The summed E-state index contributed by atoms with van der Waals surface area (Å²) in [7, 11) is 0. The van der Waals surface area contributed by atoms with Gasteiger partial charge in [-0.25, -0.2) is 0 Å². The molecule has 0 N–H and O–H groups in total. The molecule has 0 unspecified atom stereocenters. The number of rotatable bonds is 9. The molecule has 0 atom stereocenters. The van der Waals surface area contributed by atoms with Gasteiger partial charge in [0, 0.05) is 0 Å². The molecule has 0 spiro atoms. The maximum atomic E-state index is 3.60. The van der Waals surface area contributed by atoms with Crippen LogP contribution in [0.1, 0.15) is 45.4 Å². The highest BCUT2D eigenvalue weighted by Crippen LogP contribution is 2.05. The van der Waals surface area contributed by atoms with Crippen molar-refractivity contribution in [1.29, 1.82) is 0 Å². The van der Waals surface area contributed by atoms with Crippen molar-refractivity contribution in [3.05, 3.63) is 55.5 Å². The van der Waals surface area contributed by atoms with Crippen LogP contribution >= 0.6 is 0 Å². The maximum Gasteiger partial charge on any atom is -0.0313 e. The molecule has 89 valence electrons. The minimum atomic E-state index is 1.20. The molecule has 16 heavy (non-hydrogen) atoms. The quantitative estimate of drug-likeness (QED) is 0.358. The Labute approximate surface area is 101 Å². The van der Waals surface area contributed by atoms with E-state index in [1.54, 1.807) is 6.08 Å². The summed E-state index contributed by atoms with van der Waals surface area (Å²) in [6, 6.07) is 0. The molecule has 0 aliphatic carbocycles. The molecule has 0 rings (SSSR count). The van der Waals surface area contributed by atoms with Gasteiger partial charge in [0.2, 0.25) is 0 Å². The van der Waals surface area contributed by atoms with Gasteiger partial charge in [-0.2, -0.15) is 0 Å². The van der Waals surface area contributed by atoms with E-state index in [9.17, 15) is 0 Å². The predicted octanol–water partition coefficient (Wildman–Crippen LogP) is 5.41. The largest absolute Gasteiger partial charge is 0.0845 e. The number of hydrogen-bond acceptors (Lipinski definition) is 0. The molecule has 0 saturated heterocycles. The zero-order valence-corrected chi connectivity index (χ0v) is 10.6. The molecule has 1 radical (unpaired) electrons. The highest BCUT2D eigenvalue weighted by atomic mass is 13.9. The average molecular weight is 217 g/mol. The SMILES string of the molecule is [CH2]C=CC=CC=CC=CCCCCCCC. The Morgan fingerprint density at radius 1 is 0.750 bits per heavy atom. The molecule has 0 heteroatoms. The lowest BCUT2D eigenvalue weighted by atomic mass is 10.1. The van der Waals surface area contributed by atoms with Gasteiger partial charge in [0.15, 0.2) is 0 Å². The number of allylic oxidation sites excluding steroid dienone is 8. The summed E-state index contributed by atoms with van der Waals surface area (Å²) in [5.74, 6) is 0. The molecular weight excluding hydrogens is 192 g/mol. The Morgan fingerprint density at radius 3 is 2.06 bits per heavy atom. The Hall–Kier alpha value is -1.04. The molecule has 0 aliphatic rings. The highest BCUT2D eigenvalue weighted by molar-refractivity contribution is 5.15. The van der Waals surface area contributed by atoms with E-state index in [0.717, 1.165) is 0 Å². The second-order valence-electron chi connectivity index (χ2n) is 3.83. The van der Waals surface area contributed by atoms with Crippen LogP contribution in [0.5, 0.6) is 0 Å². The maximum absolute atomic E-state index is 3.60. The van der Waals surface area contributed by atoms with E-state index in [4.69, 9.17) is 0 Å². The van der Waals surface area contributed by atoms with Gasteiger partial charge in [-0.3, -0.25) is 0 Å². The fourth-order valence-corrected chi connectivity index (χ4v) is 1.38. The Morgan fingerprint density at radius 2 is 1.38 bits per heavy atom. The monoisotopic (exact) mass is 217 g/mol. The van der Waals surface area contributed by atoms with Crippen molar-refractivity contribution in [3.63, 3.8) is 0 Å². The molecular formula is C16H25. The summed E-state index contributed by atoms with van der Waals surface area (Å²) < 4.78 is 0.